The van der Waals surface area contributed by atoms with Crippen molar-refractivity contribution >= 4 is 98.8 Å². The van der Waals surface area contributed by atoms with Crippen LogP contribution in [-0.2, 0) is 71.9 Å². The average molecular weight is 1410 g/mol. The molecule has 0 fully saturated rings. The summed E-state index contributed by atoms with van der Waals surface area (Å²) in [6.45, 7) is 24.7. The molecule has 13 rings (SSSR count). The minimum absolute atomic E-state index is 0.250. The number of aryl methyl sites for hydroxylation is 5. The monoisotopic (exact) mass is 1410 g/mol. The van der Waals surface area contributed by atoms with Crippen LogP contribution in [0.2, 0.25) is 0 Å². The quantitative estimate of drug-likeness (QED) is 0.155. The van der Waals surface area contributed by atoms with Gasteiger partial charge < -0.3 is 24.8 Å². The van der Waals surface area contributed by atoms with E-state index in [0.717, 1.165) is 137 Å². The van der Waals surface area contributed by atoms with E-state index in [2.05, 4.69) is 123 Å². The lowest BCUT2D eigenvalue weighted by atomic mass is 10.0. The number of benzene rings is 1. The summed E-state index contributed by atoms with van der Waals surface area (Å²) in [5.41, 5.74) is 8.78. The molecule has 3 amide bonds. The molecule has 23 heteroatoms. The highest BCUT2D eigenvalue weighted by atomic mass is 79.9. The molecule has 0 saturated heterocycles. The van der Waals surface area contributed by atoms with Gasteiger partial charge in [0, 0.05) is 86.0 Å². The van der Waals surface area contributed by atoms with E-state index in [1.165, 1.54) is 36.0 Å². The summed E-state index contributed by atoms with van der Waals surface area (Å²) in [6, 6.07) is 32.5. The third kappa shape index (κ3) is 26.5. The normalized spacial score (nSPS) is 13.7. The molecule has 8 aromatic rings. The highest BCUT2D eigenvalue weighted by Gasteiger charge is 2.31. The third-order valence-corrected chi connectivity index (χ3v) is 15.1. The van der Waals surface area contributed by atoms with Crippen LogP contribution in [0.3, 0.4) is 0 Å². The van der Waals surface area contributed by atoms with E-state index in [1.807, 2.05) is 142 Å². The largest absolute Gasteiger partial charge is 0.443 e. The smallest absolute Gasteiger partial charge is 0.416 e. The van der Waals surface area contributed by atoms with Gasteiger partial charge in [-0.05, 0) is 248 Å². The van der Waals surface area contributed by atoms with Crippen molar-refractivity contribution in [3.63, 3.8) is 0 Å². The number of amides is 3. The van der Waals surface area contributed by atoms with Crippen LogP contribution in [0.4, 0.5) is 43.5 Å². The maximum Gasteiger partial charge on any atom is 0.416 e. The van der Waals surface area contributed by atoms with Gasteiger partial charge in [0.15, 0.2) is 5.65 Å². The maximum atomic E-state index is 12.4. The zero-order valence-corrected chi connectivity index (χ0v) is 59.6. The first-order valence-electron chi connectivity index (χ1n) is 32.9. The van der Waals surface area contributed by atoms with Crippen molar-refractivity contribution in [2.75, 3.05) is 58.1 Å². The highest BCUT2D eigenvalue weighted by Crippen LogP contribution is 2.31. The lowest BCUT2D eigenvalue weighted by molar-refractivity contribution is -0.193. The second kappa shape index (κ2) is 39.2. The number of fused-ring (bicyclic) bond motifs is 6. The lowest BCUT2D eigenvalue weighted by Crippen LogP contribution is -2.40. The standard InChI is InChI=1S/C22H26N2O2.C13H17BrN2O2.C13H18N2O2.C10H12N2.C8H10N2.C8H6N2.2CO2/c1-22(2,3)26-21(25)24-14-8-13-19-15-18(16-23-20(19)24)12-7-11-17-9-5-4-6-10-17;1-13(2,3)18-12(17)16-6-4-5-9-7-10(14)8-15-11(9)16;1-13(2,3)17-12(16)15-9-5-7-10-6-4-8-14-11(10)15;1-2-8-6-9-4-3-5-11-10(9)12-7-8;2*1-3-7-4-2-6-10-8(7)9-5-1;2*2-1-3/h4-7,9-10,12,15-16H,8,11,13-14H2,1-3H3;7-8H,4-6H2,1-3H3;4,6,8H,5,7,9H2,1-3H3;2,6-7H,1,3-5H2,(H,11,12);1,3,5H,2,4,6H2,(H,9,10);1-6H;;/b12-7+;;;;;;;. The lowest BCUT2D eigenvalue weighted by Gasteiger charge is -2.30. The van der Waals surface area contributed by atoms with Gasteiger partial charge in [-0.25, -0.2) is 49.3 Å². The predicted octanol–water partition coefficient (Wildman–Crippen LogP) is 15.3. The number of hydrogen-bond donors (Lipinski definition) is 2. The van der Waals surface area contributed by atoms with Gasteiger partial charge in [0.2, 0.25) is 0 Å². The second-order valence-electron chi connectivity index (χ2n) is 25.9. The van der Waals surface area contributed by atoms with Crippen molar-refractivity contribution in [2.24, 2.45) is 0 Å². The summed E-state index contributed by atoms with van der Waals surface area (Å²) >= 11 is 3.40. The fourth-order valence-electron chi connectivity index (χ4n) is 10.5. The molecule has 0 saturated carbocycles. The highest BCUT2D eigenvalue weighted by molar-refractivity contribution is 9.10. The Labute approximate surface area is 588 Å². The van der Waals surface area contributed by atoms with E-state index in [1.54, 1.807) is 39.5 Å². The van der Waals surface area contributed by atoms with E-state index in [0.29, 0.717) is 19.6 Å². The molecule has 0 atom stereocenters. The molecule has 12 heterocycles. The zero-order valence-electron chi connectivity index (χ0n) is 58.0. The van der Waals surface area contributed by atoms with E-state index >= 15 is 0 Å². The molecule has 7 aromatic heterocycles. The van der Waals surface area contributed by atoms with Crippen LogP contribution in [0.25, 0.3) is 23.2 Å². The Hall–Kier alpha value is -10.3. The molecule has 520 valence electrons. The van der Waals surface area contributed by atoms with Crippen molar-refractivity contribution < 1.29 is 47.8 Å². The van der Waals surface area contributed by atoms with Crippen molar-refractivity contribution in [3.8, 4) is 0 Å². The van der Waals surface area contributed by atoms with Gasteiger partial charge in [0.1, 0.15) is 45.9 Å². The molecular weight excluding hydrogens is 1320 g/mol. The number of rotatable bonds is 4. The molecule has 1 aromatic carbocycles. The van der Waals surface area contributed by atoms with E-state index < -0.39 is 16.8 Å². The zero-order chi connectivity index (χ0) is 71.8. The summed E-state index contributed by atoms with van der Waals surface area (Å²) in [5.74, 6) is 4.32. The Morgan fingerprint density at radius 1 is 0.495 bits per heavy atom. The molecule has 5 aliphatic heterocycles. The summed E-state index contributed by atoms with van der Waals surface area (Å²) < 4.78 is 17.2. The number of carbonyl (C=O) groups excluding carboxylic acids is 7. The third-order valence-electron chi connectivity index (χ3n) is 14.7. The molecule has 5 aliphatic rings. The molecule has 0 spiro atoms. The van der Waals surface area contributed by atoms with Crippen LogP contribution in [-0.4, -0.2) is 115 Å². The maximum absolute atomic E-state index is 12.4. The first kappa shape index (κ1) is 77.7. The van der Waals surface area contributed by atoms with Crippen molar-refractivity contribution in [1.29, 1.82) is 0 Å². The van der Waals surface area contributed by atoms with Gasteiger partial charge in [-0.2, -0.15) is 19.2 Å². The number of aromatic nitrogens is 7. The fourth-order valence-corrected chi connectivity index (χ4v) is 10.9. The fraction of sp³-hybridized carbons (Fsp3) is 0.368. The molecule has 0 aliphatic carbocycles. The number of nitrogens with one attached hydrogen (secondary N) is 2. The van der Waals surface area contributed by atoms with Gasteiger partial charge >= 0.3 is 30.6 Å². The first-order valence-corrected chi connectivity index (χ1v) is 33.7. The van der Waals surface area contributed by atoms with Gasteiger partial charge in [-0.1, -0.05) is 67.3 Å². The topological polar surface area (TPSA) is 271 Å². The second-order valence-corrected chi connectivity index (χ2v) is 26.9. The number of allylic oxidation sites excluding steroid dienone is 1. The van der Waals surface area contributed by atoms with Crippen LogP contribution in [0.5, 0.6) is 0 Å². The van der Waals surface area contributed by atoms with E-state index in [-0.39, 0.29) is 30.6 Å². The van der Waals surface area contributed by atoms with E-state index in [4.69, 9.17) is 33.4 Å². The number of ether oxygens (including phenoxy) is 3. The van der Waals surface area contributed by atoms with Gasteiger partial charge in [-0.15, -0.1) is 0 Å². The molecule has 2 N–H and O–H groups in total. The Balaban J connectivity index is 0.000000190. The summed E-state index contributed by atoms with van der Waals surface area (Å²) in [5, 5.41) is 7.61. The minimum Gasteiger partial charge on any atom is -0.443 e. The SMILES string of the molecule is C=Cc1cnc2c(c1)CCCN2.CC(C)(C)OC(=O)N1CCCc2cc(/C=C/Cc3ccccc3)cnc21.CC(C)(C)OC(=O)N1CCCc2cc(Br)cnc21.CC(C)(C)OC(=O)N1CCCc2cccnc21.O=C=O.O=C=O.c1cnc2c(c1)CCCN2.c1cnc2ncccc2c1. The average Bonchev–Trinajstić information content (AvgIpc) is 0.822. The minimum atomic E-state index is -0.505. The molecule has 0 unspecified atom stereocenters. The van der Waals surface area contributed by atoms with Crippen molar-refractivity contribution in [2.45, 2.75) is 150 Å². The number of carbonyl (C=O) groups is 3. The number of pyridine rings is 7. The summed E-state index contributed by atoms with van der Waals surface area (Å²) in [4.78, 5) is 104. The summed E-state index contributed by atoms with van der Waals surface area (Å²) in [6.07, 6.45) is 29.3. The molecular formula is C76H89BrN12O10. The van der Waals surface area contributed by atoms with Gasteiger partial charge in [0.05, 0.1) is 0 Å². The van der Waals surface area contributed by atoms with Crippen LogP contribution >= 0.6 is 15.9 Å². The number of hydrogen-bond acceptors (Lipinski definition) is 19. The van der Waals surface area contributed by atoms with Gasteiger partial charge in [0.25, 0.3) is 0 Å². The summed E-state index contributed by atoms with van der Waals surface area (Å²) in [7, 11) is 0. The molecule has 0 bridgehead atoms. The van der Waals surface area contributed by atoms with Crippen LogP contribution in [0.15, 0.2) is 158 Å². The van der Waals surface area contributed by atoms with Crippen molar-refractivity contribution in [1.82, 2.24) is 34.9 Å². The van der Waals surface area contributed by atoms with Crippen LogP contribution in [0, 0.1) is 0 Å². The first-order chi connectivity index (χ1) is 47.4. The Morgan fingerprint density at radius 3 is 1.43 bits per heavy atom. The number of nitrogens with zero attached hydrogens (tertiary/aromatic N) is 10. The number of anilines is 5. The Kier molecular flexibility index (Phi) is 30.7. The van der Waals surface area contributed by atoms with Crippen LogP contribution < -0.4 is 25.3 Å². The van der Waals surface area contributed by atoms with E-state index in [9.17, 15) is 14.4 Å². The Morgan fingerprint density at radius 2 is 0.919 bits per heavy atom. The number of halogens is 1. The molecule has 99 heavy (non-hydrogen) atoms. The van der Waals surface area contributed by atoms with Crippen LogP contribution in [0.1, 0.15) is 139 Å². The van der Waals surface area contributed by atoms with Crippen molar-refractivity contribution in [3.05, 3.63) is 202 Å². The Bertz CT molecular complexity index is 3930. The predicted molar refractivity (Wildman–Crippen MR) is 387 cm³/mol. The molecule has 0 radical (unpaired) electrons. The molecule has 22 nitrogen and oxygen atoms in total. The van der Waals surface area contributed by atoms with Gasteiger partial charge in [-0.3, -0.25) is 14.7 Å².